The molecule has 3 N–H and O–H groups in total. The van der Waals surface area contributed by atoms with Crippen LogP contribution in [0.1, 0.15) is 37.7 Å². The second-order valence-electron chi connectivity index (χ2n) is 8.67. The van der Waals surface area contributed by atoms with Crippen LogP contribution in [0.5, 0.6) is 0 Å². The summed E-state index contributed by atoms with van der Waals surface area (Å²) < 4.78 is 54.1. The first-order valence-corrected chi connectivity index (χ1v) is 9.61. The van der Waals surface area contributed by atoms with Gasteiger partial charge in [0, 0.05) is 19.0 Å². The highest BCUT2D eigenvalue weighted by Crippen LogP contribution is 2.83. The van der Waals surface area contributed by atoms with Gasteiger partial charge in [0.15, 0.2) is 0 Å². The minimum absolute atomic E-state index is 0.128. The zero-order valence-electron chi connectivity index (χ0n) is 15.6. The van der Waals surface area contributed by atoms with E-state index in [-0.39, 0.29) is 37.4 Å². The second kappa shape index (κ2) is 6.00. The molecule has 1 unspecified atom stereocenters. The lowest BCUT2D eigenvalue weighted by molar-refractivity contribution is -0.373. The van der Waals surface area contributed by atoms with Crippen molar-refractivity contribution in [1.82, 2.24) is 10.2 Å². The van der Waals surface area contributed by atoms with E-state index in [1.165, 1.54) is 24.0 Å². The van der Waals surface area contributed by atoms with Gasteiger partial charge in [0.2, 0.25) is 5.91 Å². The van der Waals surface area contributed by atoms with Crippen molar-refractivity contribution in [2.75, 3.05) is 13.1 Å². The first-order valence-electron chi connectivity index (χ1n) is 9.23. The number of nitrogens with zero attached hydrogens (tertiary/aromatic N) is 1. The molecule has 29 heavy (non-hydrogen) atoms. The van der Waals surface area contributed by atoms with Crippen molar-refractivity contribution in [2.45, 2.75) is 43.8 Å². The van der Waals surface area contributed by atoms with Gasteiger partial charge in [0.05, 0.1) is 10.4 Å². The largest absolute Gasteiger partial charge is 0.394 e. The van der Waals surface area contributed by atoms with Crippen molar-refractivity contribution in [2.24, 2.45) is 16.6 Å². The van der Waals surface area contributed by atoms with Crippen molar-refractivity contribution < 1.29 is 27.2 Å². The molecular weight excluding hydrogens is 414 g/mol. The summed E-state index contributed by atoms with van der Waals surface area (Å²) in [4.78, 5) is 26.3. The first kappa shape index (κ1) is 20.3. The summed E-state index contributed by atoms with van der Waals surface area (Å²) in [5, 5.41) is 2.49. The maximum Gasteiger partial charge on any atom is 0.394 e. The third-order valence-corrected chi connectivity index (χ3v) is 7.32. The summed E-state index contributed by atoms with van der Waals surface area (Å²) in [6.45, 7) is 1.83. The van der Waals surface area contributed by atoms with Gasteiger partial charge in [-0.3, -0.25) is 4.79 Å². The molecule has 1 aliphatic heterocycles. The number of primary amides is 1. The Labute approximate surface area is 169 Å². The van der Waals surface area contributed by atoms with Crippen LogP contribution < -0.4 is 11.1 Å². The number of carbonyl (C=O) groups is 2. The van der Waals surface area contributed by atoms with E-state index in [4.69, 9.17) is 17.3 Å². The molecule has 5 rings (SSSR count). The minimum atomic E-state index is -4.33. The van der Waals surface area contributed by atoms with Crippen LogP contribution in [-0.2, 0) is 4.79 Å². The number of nitrogens with two attached hydrogens (primary N) is 1. The molecule has 0 aromatic heterocycles. The number of halogens is 5. The second-order valence-corrected chi connectivity index (χ2v) is 9.08. The molecule has 4 aliphatic rings. The van der Waals surface area contributed by atoms with Crippen LogP contribution in [0, 0.1) is 16.6 Å². The van der Waals surface area contributed by atoms with Crippen LogP contribution in [-0.4, -0.2) is 41.6 Å². The molecule has 10 heteroatoms. The van der Waals surface area contributed by atoms with Crippen LogP contribution in [0.4, 0.5) is 22.4 Å². The molecule has 4 fully saturated rings. The predicted molar refractivity (Wildman–Crippen MR) is 96.6 cm³/mol. The maximum absolute atomic E-state index is 13.8. The Morgan fingerprint density at radius 1 is 1.31 bits per heavy atom. The van der Waals surface area contributed by atoms with E-state index in [1.807, 2.05) is 0 Å². The molecule has 3 saturated carbocycles. The predicted octanol–water partition coefficient (Wildman–Crippen LogP) is 3.56. The molecule has 1 aromatic carbocycles. The summed E-state index contributed by atoms with van der Waals surface area (Å²) in [7, 11) is 0. The Kier molecular flexibility index (Phi) is 4.19. The molecule has 2 atom stereocenters. The van der Waals surface area contributed by atoms with Crippen LogP contribution in [0.25, 0.3) is 0 Å². The highest BCUT2D eigenvalue weighted by molar-refractivity contribution is 6.30. The van der Waals surface area contributed by atoms with E-state index in [0.717, 1.165) is 6.07 Å². The molecule has 3 amide bonds. The van der Waals surface area contributed by atoms with Crippen molar-refractivity contribution in [3.05, 3.63) is 34.6 Å². The van der Waals surface area contributed by atoms with Gasteiger partial charge in [0.25, 0.3) is 0 Å². The number of rotatable bonds is 3. The van der Waals surface area contributed by atoms with E-state index in [2.05, 4.69) is 5.32 Å². The topological polar surface area (TPSA) is 75.4 Å². The number of benzene rings is 1. The standard InChI is InChI=1S/C19H20ClF4N3O2/c1-16(14(28)26-4-5-27(16)15(25)29)13(10-2-3-12(21)11(20)6-10)17-7-18(8-17,9-17)19(22,23)24/h2-3,6,13H,4-5,7-9H2,1H3,(H2,25,29)(H,26,28)/t13-,16?,17?,18?/m0/s1. The fourth-order valence-corrected chi connectivity index (χ4v) is 6.07. The first-order chi connectivity index (χ1) is 13.4. The number of amides is 3. The number of hydrogen-bond acceptors (Lipinski definition) is 2. The average molecular weight is 434 g/mol. The molecule has 1 saturated heterocycles. The summed E-state index contributed by atoms with van der Waals surface area (Å²) in [6.07, 6.45) is -4.80. The number of piperazine rings is 1. The van der Waals surface area contributed by atoms with Crippen LogP contribution in [0.15, 0.2) is 18.2 Å². The number of carbonyl (C=O) groups excluding carboxylic acids is 2. The Morgan fingerprint density at radius 3 is 2.45 bits per heavy atom. The number of nitrogens with one attached hydrogen (secondary N) is 1. The lowest BCUT2D eigenvalue weighted by Crippen LogP contribution is -2.77. The maximum atomic E-state index is 13.8. The van der Waals surface area contributed by atoms with Crippen molar-refractivity contribution in [3.8, 4) is 0 Å². The van der Waals surface area contributed by atoms with E-state index in [9.17, 15) is 27.2 Å². The van der Waals surface area contributed by atoms with Crippen molar-refractivity contribution in [3.63, 3.8) is 0 Å². The number of alkyl halides is 3. The fraction of sp³-hybridized carbons (Fsp3) is 0.579. The summed E-state index contributed by atoms with van der Waals surface area (Å²) in [6, 6.07) is 3.03. The monoisotopic (exact) mass is 433 g/mol. The van der Waals surface area contributed by atoms with Gasteiger partial charge in [-0.25, -0.2) is 9.18 Å². The third kappa shape index (κ3) is 2.59. The van der Waals surface area contributed by atoms with Crippen LogP contribution >= 0.6 is 11.6 Å². The molecule has 0 spiro atoms. The normalized spacial score (nSPS) is 34.7. The van der Waals surface area contributed by atoms with E-state index < -0.39 is 46.2 Å². The molecule has 5 nitrogen and oxygen atoms in total. The van der Waals surface area contributed by atoms with Gasteiger partial charge in [0.1, 0.15) is 11.4 Å². The van der Waals surface area contributed by atoms with Gasteiger partial charge in [-0.1, -0.05) is 17.7 Å². The lowest BCUT2D eigenvalue weighted by atomic mass is 9.29. The SMILES string of the molecule is CC1([C@H](c2ccc(F)c(Cl)c2)C23CC(C(F)(F)F)(C2)C3)C(=O)NCCN1C(N)=O. The van der Waals surface area contributed by atoms with Crippen LogP contribution in [0.2, 0.25) is 5.02 Å². The highest BCUT2D eigenvalue weighted by atomic mass is 35.5. The molecule has 158 valence electrons. The van der Waals surface area contributed by atoms with E-state index in [0.29, 0.717) is 5.56 Å². The molecule has 2 bridgehead atoms. The summed E-state index contributed by atoms with van der Waals surface area (Å²) in [5.74, 6) is -1.99. The molecule has 0 radical (unpaired) electrons. The average Bonchev–Trinajstić information content (AvgIpc) is 2.53. The quantitative estimate of drug-likeness (QED) is 0.715. The number of urea groups is 1. The van der Waals surface area contributed by atoms with Crippen LogP contribution in [0.3, 0.4) is 0 Å². The molecule has 1 heterocycles. The van der Waals surface area contributed by atoms with Gasteiger partial charge in [-0.2, -0.15) is 13.2 Å². The summed E-state index contributed by atoms with van der Waals surface area (Å²) in [5.41, 5.74) is 1.81. The Balaban J connectivity index is 1.83. The van der Waals surface area contributed by atoms with Crippen molar-refractivity contribution >= 4 is 23.5 Å². The van der Waals surface area contributed by atoms with E-state index in [1.54, 1.807) is 0 Å². The van der Waals surface area contributed by atoms with E-state index >= 15 is 0 Å². The minimum Gasteiger partial charge on any atom is -0.352 e. The molecule has 1 aromatic rings. The molecule has 3 aliphatic carbocycles. The fourth-order valence-electron chi connectivity index (χ4n) is 5.88. The third-order valence-electron chi connectivity index (χ3n) is 7.03. The zero-order chi connectivity index (χ0) is 21.4. The van der Waals surface area contributed by atoms with Gasteiger partial charge >= 0.3 is 12.2 Å². The lowest BCUT2D eigenvalue weighted by Gasteiger charge is -2.75. The Bertz CT molecular complexity index is 886. The van der Waals surface area contributed by atoms with Crippen molar-refractivity contribution in [1.29, 1.82) is 0 Å². The molecular formula is C19H20ClF4N3O2. The number of hydrogen-bond donors (Lipinski definition) is 2. The Morgan fingerprint density at radius 2 is 1.93 bits per heavy atom. The van der Waals surface area contributed by atoms with Gasteiger partial charge < -0.3 is 16.0 Å². The smallest absolute Gasteiger partial charge is 0.352 e. The highest BCUT2D eigenvalue weighted by Gasteiger charge is 2.82. The zero-order valence-corrected chi connectivity index (χ0v) is 16.3. The summed E-state index contributed by atoms with van der Waals surface area (Å²) >= 11 is 5.94. The Hall–Kier alpha value is -2.03. The van der Waals surface area contributed by atoms with Gasteiger partial charge in [-0.05, 0) is 49.3 Å². The van der Waals surface area contributed by atoms with Gasteiger partial charge in [-0.15, -0.1) is 0 Å².